The first-order chi connectivity index (χ1) is 9.75. The van der Waals surface area contributed by atoms with Crippen LogP contribution in [0.3, 0.4) is 0 Å². The molecule has 0 amide bonds. The third kappa shape index (κ3) is 1.12. The maximum atomic E-state index is 12.2. The van der Waals surface area contributed by atoms with Crippen molar-refractivity contribution < 1.29 is 14.3 Å². The van der Waals surface area contributed by atoms with E-state index in [9.17, 15) is 4.79 Å². The molecule has 0 saturated carbocycles. The Morgan fingerprint density at radius 1 is 1.05 bits per heavy atom. The third-order valence-corrected chi connectivity index (χ3v) is 5.07. The van der Waals surface area contributed by atoms with Crippen LogP contribution in [0, 0.1) is 0 Å². The minimum atomic E-state index is -0.452. The molecule has 0 aromatic heterocycles. The number of hydrogen-bond acceptors (Lipinski definition) is 3. The van der Waals surface area contributed by atoms with E-state index in [4.69, 9.17) is 21.1 Å². The Kier molecular flexibility index (Phi) is 1.91. The van der Waals surface area contributed by atoms with Gasteiger partial charge in [-0.25, -0.2) is 0 Å². The molecule has 0 radical (unpaired) electrons. The van der Waals surface area contributed by atoms with Crippen molar-refractivity contribution >= 4 is 28.2 Å². The molecule has 1 atom stereocenters. The van der Waals surface area contributed by atoms with Crippen LogP contribution < -0.4 is 9.47 Å². The Balaban J connectivity index is 1.96. The molecule has 3 nitrogen and oxygen atoms in total. The molecule has 2 aromatic rings. The number of alkyl halides is 1. The van der Waals surface area contributed by atoms with Crippen LogP contribution in [0.15, 0.2) is 12.1 Å². The highest BCUT2D eigenvalue weighted by atomic mass is 35.5. The van der Waals surface area contributed by atoms with E-state index in [2.05, 4.69) is 0 Å². The zero-order valence-corrected chi connectivity index (χ0v) is 11.4. The standard InChI is InChI=1S/C16H11ClO3/c17-15-13-8-3-1-2-7(8)9-4-11-12(20-6-19-11)5-10(9)14(13)16(15)18/h4-5,15H,1-3,6H2. The number of rotatable bonds is 0. The molecule has 2 aliphatic carbocycles. The van der Waals surface area contributed by atoms with Crippen LogP contribution in [0.2, 0.25) is 0 Å². The number of ether oxygens (including phenoxy) is 2. The summed E-state index contributed by atoms with van der Waals surface area (Å²) in [6.07, 6.45) is 3.21. The quantitative estimate of drug-likeness (QED) is 0.695. The average molecular weight is 287 g/mol. The molecule has 0 spiro atoms. The van der Waals surface area contributed by atoms with Gasteiger partial charge >= 0.3 is 0 Å². The number of Topliss-reactive ketones (excluding diaryl/α,β-unsaturated/α-hetero) is 1. The lowest BCUT2D eigenvalue weighted by Gasteiger charge is -2.29. The van der Waals surface area contributed by atoms with Crippen molar-refractivity contribution in [2.24, 2.45) is 0 Å². The fourth-order valence-corrected chi connectivity index (χ4v) is 4.11. The summed E-state index contributed by atoms with van der Waals surface area (Å²) in [7, 11) is 0. The third-order valence-electron chi connectivity index (χ3n) is 4.65. The molecule has 0 saturated heterocycles. The Bertz CT molecular complexity index is 809. The van der Waals surface area contributed by atoms with E-state index < -0.39 is 5.38 Å². The summed E-state index contributed by atoms with van der Waals surface area (Å²) in [6, 6.07) is 3.96. The predicted molar refractivity (Wildman–Crippen MR) is 75.0 cm³/mol. The second kappa shape index (κ2) is 3.47. The topological polar surface area (TPSA) is 35.5 Å². The van der Waals surface area contributed by atoms with E-state index in [1.54, 1.807) is 0 Å². The normalized spacial score (nSPS) is 21.9. The highest BCUT2D eigenvalue weighted by Crippen LogP contribution is 2.51. The minimum absolute atomic E-state index is 0.0419. The number of aryl methyl sites for hydroxylation is 1. The van der Waals surface area contributed by atoms with Gasteiger partial charge in [-0.3, -0.25) is 4.79 Å². The van der Waals surface area contributed by atoms with Gasteiger partial charge in [-0.05, 0) is 58.9 Å². The molecule has 5 rings (SSSR count). The van der Waals surface area contributed by atoms with Gasteiger partial charge in [-0.15, -0.1) is 11.6 Å². The van der Waals surface area contributed by atoms with Gasteiger partial charge < -0.3 is 9.47 Å². The number of ketones is 1. The van der Waals surface area contributed by atoms with Crippen molar-refractivity contribution in [1.82, 2.24) is 0 Å². The highest BCUT2D eigenvalue weighted by Gasteiger charge is 2.41. The average Bonchev–Trinajstić information content (AvgIpc) is 3.10. The number of carbonyl (C=O) groups is 1. The van der Waals surface area contributed by atoms with Crippen molar-refractivity contribution in [3.8, 4) is 11.5 Å². The van der Waals surface area contributed by atoms with Crippen molar-refractivity contribution in [3.63, 3.8) is 0 Å². The molecule has 1 heterocycles. The zero-order valence-electron chi connectivity index (χ0n) is 10.7. The first-order valence-electron chi connectivity index (χ1n) is 6.85. The van der Waals surface area contributed by atoms with Crippen LogP contribution in [0.5, 0.6) is 11.5 Å². The molecule has 3 aliphatic rings. The van der Waals surface area contributed by atoms with E-state index >= 15 is 0 Å². The van der Waals surface area contributed by atoms with Gasteiger partial charge in [0.2, 0.25) is 6.79 Å². The number of carbonyl (C=O) groups excluding carboxylic acids is 1. The monoisotopic (exact) mass is 286 g/mol. The SMILES string of the molecule is O=C1c2c(c3c(c4cc5c(cc24)OCO5)CCC3)C1Cl. The van der Waals surface area contributed by atoms with Crippen molar-refractivity contribution in [1.29, 1.82) is 0 Å². The van der Waals surface area contributed by atoms with Crippen LogP contribution in [-0.4, -0.2) is 12.6 Å². The van der Waals surface area contributed by atoms with E-state index in [1.807, 2.05) is 12.1 Å². The second-order valence-corrected chi connectivity index (χ2v) is 6.01. The molecule has 20 heavy (non-hydrogen) atoms. The Morgan fingerprint density at radius 2 is 1.75 bits per heavy atom. The van der Waals surface area contributed by atoms with Crippen LogP contribution in [0.4, 0.5) is 0 Å². The summed E-state index contributed by atoms with van der Waals surface area (Å²) >= 11 is 6.23. The number of fused-ring (bicyclic) bond motifs is 7. The fourth-order valence-electron chi connectivity index (χ4n) is 3.76. The summed E-state index contributed by atoms with van der Waals surface area (Å²) in [4.78, 5) is 12.2. The summed E-state index contributed by atoms with van der Waals surface area (Å²) in [6.45, 7) is 0.252. The second-order valence-electron chi connectivity index (χ2n) is 5.58. The molecular formula is C16H11ClO3. The Morgan fingerprint density at radius 3 is 2.55 bits per heavy atom. The van der Waals surface area contributed by atoms with Gasteiger partial charge in [0.15, 0.2) is 17.3 Å². The first kappa shape index (κ1) is 11.0. The summed E-state index contributed by atoms with van der Waals surface area (Å²) < 4.78 is 10.9. The maximum Gasteiger partial charge on any atom is 0.231 e. The van der Waals surface area contributed by atoms with Crippen LogP contribution in [0.25, 0.3) is 10.8 Å². The van der Waals surface area contributed by atoms with Gasteiger partial charge in [0.1, 0.15) is 5.38 Å². The van der Waals surface area contributed by atoms with Crippen LogP contribution in [-0.2, 0) is 12.8 Å². The first-order valence-corrected chi connectivity index (χ1v) is 7.28. The number of benzene rings is 2. The number of halogens is 1. The van der Waals surface area contributed by atoms with Gasteiger partial charge in [-0.1, -0.05) is 0 Å². The Labute approximate surface area is 120 Å². The fraction of sp³-hybridized carbons (Fsp3) is 0.312. The molecule has 1 unspecified atom stereocenters. The Hall–Kier alpha value is -1.74. The molecule has 4 heteroatoms. The number of hydrogen-bond donors (Lipinski definition) is 0. The van der Waals surface area contributed by atoms with Crippen molar-refractivity contribution in [2.45, 2.75) is 24.6 Å². The van der Waals surface area contributed by atoms with Gasteiger partial charge in [-0.2, -0.15) is 0 Å². The van der Waals surface area contributed by atoms with E-state index in [0.29, 0.717) is 0 Å². The zero-order chi connectivity index (χ0) is 13.4. The van der Waals surface area contributed by atoms with Gasteiger partial charge in [0.25, 0.3) is 0 Å². The van der Waals surface area contributed by atoms with Crippen molar-refractivity contribution in [2.75, 3.05) is 6.79 Å². The summed E-state index contributed by atoms with van der Waals surface area (Å²) in [5.74, 6) is 1.55. The predicted octanol–water partition coefficient (Wildman–Crippen LogP) is 3.53. The molecule has 100 valence electrons. The summed E-state index contributed by atoms with van der Waals surface area (Å²) in [5, 5.41) is 1.66. The van der Waals surface area contributed by atoms with Gasteiger partial charge in [0, 0.05) is 5.56 Å². The molecule has 1 aliphatic heterocycles. The highest BCUT2D eigenvalue weighted by molar-refractivity contribution is 6.41. The van der Waals surface area contributed by atoms with E-state index in [-0.39, 0.29) is 12.6 Å². The smallest absolute Gasteiger partial charge is 0.231 e. The van der Waals surface area contributed by atoms with Gasteiger partial charge in [0.05, 0.1) is 0 Å². The lowest BCUT2D eigenvalue weighted by molar-refractivity contribution is 0.0962. The van der Waals surface area contributed by atoms with Crippen molar-refractivity contribution in [3.05, 3.63) is 34.4 Å². The molecule has 0 N–H and O–H groups in total. The summed E-state index contributed by atoms with van der Waals surface area (Å²) in [5.41, 5.74) is 4.51. The lowest BCUT2D eigenvalue weighted by Crippen LogP contribution is -2.25. The molecule has 2 aromatic carbocycles. The lowest BCUT2D eigenvalue weighted by atomic mass is 9.77. The minimum Gasteiger partial charge on any atom is -0.454 e. The molecule has 0 fully saturated rings. The van der Waals surface area contributed by atoms with E-state index in [0.717, 1.165) is 52.7 Å². The largest absolute Gasteiger partial charge is 0.454 e. The maximum absolute atomic E-state index is 12.2. The van der Waals surface area contributed by atoms with E-state index in [1.165, 1.54) is 11.1 Å². The van der Waals surface area contributed by atoms with Crippen LogP contribution >= 0.6 is 11.6 Å². The molecular weight excluding hydrogens is 276 g/mol. The molecule has 0 bridgehead atoms. The van der Waals surface area contributed by atoms with Crippen LogP contribution in [0.1, 0.15) is 38.8 Å².